The Morgan fingerprint density at radius 2 is 2.21 bits per heavy atom. The van der Waals surface area contributed by atoms with Gasteiger partial charge in [-0.15, -0.1) is 0 Å². The maximum Gasteiger partial charge on any atom is 0.276 e. The average Bonchev–Trinajstić information content (AvgIpc) is 2.15. The lowest BCUT2D eigenvalue weighted by molar-refractivity contribution is 0.0253. The monoisotopic (exact) mass is 202 g/mol. The van der Waals surface area contributed by atoms with Crippen molar-refractivity contribution in [1.82, 2.24) is 9.97 Å². The van der Waals surface area contributed by atoms with E-state index in [0.29, 0.717) is 5.82 Å². The second kappa shape index (κ2) is 4.28. The first kappa shape index (κ1) is 10.8. The fraction of sp³-hybridized carbons (Fsp3) is 0.500. The van der Waals surface area contributed by atoms with Gasteiger partial charge >= 0.3 is 0 Å². The quantitative estimate of drug-likeness (QED) is 0.757. The molecular weight excluding hydrogens is 190 g/mol. The van der Waals surface area contributed by atoms with Gasteiger partial charge in [-0.05, 0) is 6.92 Å². The minimum Gasteiger partial charge on any atom is -0.364 e. The Morgan fingerprint density at radius 3 is 2.79 bits per heavy atom. The van der Waals surface area contributed by atoms with Crippen molar-refractivity contribution in [2.24, 2.45) is 5.73 Å². The summed E-state index contributed by atoms with van der Waals surface area (Å²) in [6.45, 7) is 0.567. The Kier molecular flexibility index (Phi) is 3.29. The molecule has 0 aliphatic heterocycles. The van der Waals surface area contributed by atoms with Crippen molar-refractivity contribution < 1.29 is 8.78 Å². The first-order chi connectivity index (χ1) is 6.53. The van der Waals surface area contributed by atoms with Gasteiger partial charge in [0.05, 0.1) is 13.1 Å². The number of nitrogens with one attached hydrogen (secondary N) is 1. The number of aromatic nitrogens is 2. The molecule has 78 valence electrons. The second-order valence-electron chi connectivity index (χ2n) is 2.96. The summed E-state index contributed by atoms with van der Waals surface area (Å²) < 4.78 is 25.4. The van der Waals surface area contributed by atoms with Crippen LogP contribution in [-0.4, -0.2) is 29.0 Å². The van der Waals surface area contributed by atoms with Gasteiger partial charge in [0, 0.05) is 11.8 Å². The predicted octanol–water partition coefficient (Wildman–Crippen LogP) is 0.791. The summed E-state index contributed by atoms with van der Waals surface area (Å²) in [5, 5.41) is 2.50. The summed E-state index contributed by atoms with van der Waals surface area (Å²) in [5.41, 5.74) is 5.60. The molecule has 1 heterocycles. The molecule has 1 aromatic rings. The molecule has 1 aromatic heterocycles. The van der Waals surface area contributed by atoms with Crippen LogP contribution in [0, 0.1) is 6.92 Å². The van der Waals surface area contributed by atoms with Crippen molar-refractivity contribution in [3.63, 3.8) is 0 Å². The standard InChI is InChI=1S/C8H12F2N4/c1-6-2-7(14-5-13-6)12-4-8(9,10)3-11/h2,5H,3-4,11H2,1H3,(H,12,13,14). The minimum atomic E-state index is -2.90. The first-order valence-electron chi connectivity index (χ1n) is 4.14. The van der Waals surface area contributed by atoms with Gasteiger partial charge in [-0.3, -0.25) is 0 Å². The molecule has 0 saturated carbocycles. The molecule has 14 heavy (non-hydrogen) atoms. The molecule has 0 aromatic carbocycles. The van der Waals surface area contributed by atoms with Crippen molar-refractivity contribution in [2.75, 3.05) is 18.4 Å². The van der Waals surface area contributed by atoms with Gasteiger partial charge in [-0.1, -0.05) is 0 Å². The molecule has 0 atom stereocenters. The van der Waals surface area contributed by atoms with Crippen molar-refractivity contribution in [3.8, 4) is 0 Å². The van der Waals surface area contributed by atoms with Crippen LogP contribution in [-0.2, 0) is 0 Å². The van der Waals surface area contributed by atoms with Gasteiger partial charge in [0.15, 0.2) is 0 Å². The third-order valence-corrected chi connectivity index (χ3v) is 1.63. The summed E-state index contributed by atoms with van der Waals surface area (Å²) in [6.07, 6.45) is 1.32. The van der Waals surface area contributed by atoms with E-state index < -0.39 is 19.0 Å². The van der Waals surface area contributed by atoms with Crippen molar-refractivity contribution in [1.29, 1.82) is 0 Å². The molecule has 0 bridgehead atoms. The van der Waals surface area contributed by atoms with E-state index in [9.17, 15) is 8.78 Å². The Balaban J connectivity index is 2.54. The van der Waals surface area contributed by atoms with Gasteiger partial charge in [0.2, 0.25) is 0 Å². The Hall–Kier alpha value is -1.30. The number of aryl methyl sites for hydroxylation is 1. The third-order valence-electron chi connectivity index (χ3n) is 1.63. The number of halogens is 2. The zero-order valence-electron chi connectivity index (χ0n) is 7.80. The Morgan fingerprint density at radius 1 is 1.50 bits per heavy atom. The molecular formula is C8H12F2N4. The van der Waals surface area contributed by atoms with Crippen LogP contribution in [0.15, 0.2) is 12.4 Å². The summed E-state index contributed by atoms with van der Waals surface area (Å²) in [7, 11) is 0. The van der Waals surface area contributed by atoms with Crippen LogP contribution in [0.3, 0.4) is 0 Å². The molecule has 0 aliphatic carbocycles. The number of nitrogens with zero attached hydrogens (tertiary/aromatic N) is 2. The van der Waals surface area contributed by atoms with E-state index >= 15 is 0 Å². The number of alkyl halides is 2. The topological polar surface area (TPSA) is 63.8 Å². The highest BCUT2D eigenvalue weighted by Crippen LogP contribution is 2.12. The second-order valence-corrected chi connectivity index (χ2v) is 2.96. The summed E-state index contributed by atoms with van der Waals surface area (Å²) in [6, 6.07) is 1.59. The highest BCUT2D eigenvalue weighted by Gasteiger charge is 2.26. The highest BCUT2D eigenvalue weighted by molar-refractivity contribution is 5.34. The van der Waals surface area contributed by atoms with E-state index in [1.54, 1.807) is 13.0 Å². The lowest BCUT2D eigenvalue weighted by Crippen LogP contribution is -2.35. The van der Waals surface area contributed by atoms with E-state index in [-0.39, 0.29) is 0 Å². The van der Waals surface area contributed by atoms with Gasteiger partial charge in [-0.25, -0.2) is 18.7 Å². The molecule has 4 nitrogen and oxygen atoms in total. The summed E-state index contributed by atoms with van der Waals surface area (Å²) >= 11 is 0. The van der Waals surface area contributed by atoms with Crippen LogP contribution in [0.4, 0.5) is 14.6 Å². The van der Waals surface area contributed by atoms with Crippen LogP contribution in [0.25, 0.3) is 0 Å². The molecule has 0 amide bonds. The zero-order chi connectivity index (χ0) is 10.6. The van der Waals surface area contributed by atoms with E-state index in [1.807, 2.05) is 0 Å². The van der Waals surface area contributed by atoms with E-state index in [4.69, 9.17) is 5.73 Å². The van der Waals surface area contributed by atoms with Crippen LogP contribution in [0.2, 0.25) is 0 Å². The van der Waals surface area contributed by atoms with E-state index in [2.05, 4.69) is 15.3 Å². The number of hydrogen-bond donors (Lipinski definition) is 2. The molecule has 0 unspecified atom stereocenters. The molecule has 0 fully saturated rings. The molecule has 3 N–H and O–H groups in total. The normalized spacial score (nSPS) is 11.4. The number of anilines is 1. The van der Waals surface area contributed by atoms with E-state index in [0.717, 1.165) is 5.69 Å². The van der Waals surface area contributed by atoms with Crippen molar-refractivity contribution in [2.45, 2.75) is 12.8 Å². The van der Waals surface area contributed by atoms with Crippen LogP contribution >= 0.6 is 0 Å². The molecule has 1 rings (SSSR count). The molecule has 0 saturated heterocycles. The van der Waals surface area contributed by atoms with Gasteiger partial charge in [0.25, 0.3) is 5.92 Å². The van der Waals surface area contributed by atoms with Gasteiger partial charge < -0.3 is 11.1 Å². The molecule has 0 aliphatic rings. The van der Waals surface area contributed by atoms with Crippen molar-refractivity contribution >= 4 is 5.82 Å². The maximum atomic E-state index is 12.7. The average molecular weight is 202 g/mol. The van der Waals surface area contributed by atoms with E-state index in [1.165, 1.54) is 6.33 Å². The van der Waals surface area contributed by atoms with Crippen LogP contribution in [0.5, 0.6) is 0 Å². The lowest BCUT2D eigenvalue weighted by atomic mass is 10.3. The minimum absolute atomic E-state index is 0.380. The number of hydrogen-bond acceptors (Lipinski definition) is 4. The fourth-order valence-electron chi connectivity index (χ4n) is 0.843. The summed E-state index contributed by atoms with van der Waals surface area (Å²) in [4.78, 5) is 7.62. The Labute approximate surface area is 80.6 Å². The SMILES string of the molecule is Cc1cc(NCC(F)(F)CN)ncn1. The Bertz CT molecular complexity index is 303. The number of nitrogens with two attached hydrogens (primary N) is 1. The lowest BCUT2D eigenvalue weighted by Gasteiger charge is -2.14. The largest absolute Gasteiger partial charge is 0.364 e. The van der Waals surface area contributed by atoms with Gasteiger partial charge in [0.1, 0.15) is 12.1 Å². The maximum absolute atomic E-state index is 12.7. The third kappa shape index (κ3) is 3.21. The predicted molar refractivity (Wildman–Crippen MR) is 49.3 cm³/mol. The molecule has 0 spiro atoms. The molecule has 0 radical (unpaired) electrons. The van der Waals surface area contributed by atoms with Crippen LogP contribution in [0.1, 0.15) is 5.69 Å². The first-order valence-corrected chi connectivity index (χ1v) is 4.14. The number of rotatable bonds is 4. The van der Waals surface area contributed by atoms with Gasteiger partial charge in [-0.2, -0.15) is 0 Å². The smallest absolute Gasteiger partial charge is 0.276 e. The van der Waals surface area contributed by atoms with Crippen molar-refractivity contribution in [3.05, 3.63) is 18.1 Å². The fourth-order valence-corrected chi connectivity index (χ4v) is 0.843. The molecule has 6 heteroatoms. The van der Waals surface area contributed by atoms with Crippen LogP contribution < -0.4 is 11.1 Å². The summed E-state index contributed by atoms with van der Waals surface area (Å²) in [5.74, 6) is -2.52. The zero-order valence-corrected chi connectivity index (χ0v) is 7.80. The highest BCUT2D eigenvalue weighted by atomic mass is 19.3.